The van der Waals surface area contributed by atoms with E-state index in [4.69, 9.17) is 4.74 Å². The summed E-state index contributed by atoms with van der Waals surface area (Å²) in [5, 5.41) is 9.93. The Bertz CT molecular complexity index is 539. The van der Waals surface area contributed by atoms with E-state index in [0.29, 0.717) is 17.8 Å². The number of aromatic hydroxyl groups is 1. The average molecular weight is 280 g/mol. The van der Waals surface area contributed by atoms with Gasteiger partial charge in [-0.1, -0.05) is 20.8 Å². The van der Waals surface area contributed by atoms with Gasteiger partial charge in [-0.05, 0) is 37.5 Å². The molecule has 0 atom stereocenters. The molecule has 0 aliphatic heterocycles. The van der Waals surface area contributed by atoms with Crippen molar-refractivity contribution in [1.82, 2.24) is 9.97 Å². The van der Waals surface area contributed by atoms with Crippen molar-refractivity contribution < 1.29 is 9.84 Å². The second-order valence-corrected chi connectivity index (χ2v) is 6.43. The highest BCUT2D eigenvalue weighted by Crippen LogP contribution is 2.46. The Labute approximate surface area is 119 Å². The molecule has 5 heteroatoms. The van der Waals surface area contributed by atoms with Crippen molar-refractivity contribution in [3.63, 3.8) is 0 Å². The van der Waals surface area contributed by atoms with Crippen LogP contribution in [0.15, 0.2) is 4.79 Å². The van der Waals surface area contributed by atoms with Crippen LogP contribution in [-0.4, -0.2) is 22.2 Å². The van der Waals surface area contributed by atoms with Crippen molar-refractivity contribution in [3.05, 3.63) is 21.7 Å². The van der Waals surface area contributed by atoms with E-state index in [1.807, 2.05) is 6.92 Å². The molecule has 0 aromatic carbocycles. The molecule has 0 bridgehead atoms. The zero-order chi connectivity index (χ0) is 15.0. The molecular formula is C15H24N2O3. The Morgan fingerprint density at radius 3 is 2.35 bits per heavy atom. The number of nitrogens with one attached hydrogen (secondary N) is 1. The smallest absolute Gasteiger partial charge is 0.258 e. The molecule has 1 aliphatic rings. The number of hydrogen-bond acceptors (Lipinski definition) is 4. The van der Waals surface area contributed by atoms with Crippen LogP contribution in [0, 0.1) is 5.41 Å². The summed E-state index contributed by atoms with van der Waals surface area (Å²) in [6.45, 7) is 6.29. The Hall–Kier alpha value is -1.36. The van der Waals surface area contributed by atoms with Crippen LogP contribution in [0.3, 0.4) is 0 Å². The van der Waals surface area contributed by atoms with E-state index in [9.17, 15) is 9.90 Å². The molecular weight excluding hydrogens is 256 g/mol. The largest absolute Gasteiger partial charge is 0.493 e. The van der Waals surface area contributed by atoms with Crippen molar-refractivity contribution in [3.8, 4) is 5.88 Å². The Kier molecular flexibility index (Phi) is 3.91. The van der Waals surface area contributed by atoms with Crippen LogP contribution >= 0.6 is 0 Å². The van der Waals surface area contributed by atoms with Gasteiger partial charge in [0.2, 0.25) is 5.88 Å². The fourth-order valence-corrected chi connectivity index (χ4v) is 2.89. The van der Waals surface area contributed by atoms with Gasteiger partial charge < -0.3 is 14.8 Å². The van der Waals surface area contributed by atoms with Crippen LogP contribution in [0.5, 0.6) is 5.88 Å². The Morgan fingerprint density at radius 1 is 1.30 bits per heavy atom. The minimum atomic E-state index is -0.585. The SMILES string of the molecule is CCc1c(O)nc(C2(OC)CCC(C)(C)CC2)[nH]c1=O. The number of aromatic nitrogens is 2. The molecule has 0 radical (unpaired) electrons. The molecule has 0 saturated heterocycles. The number of rotatable bonds is 3. The molecule has 0 amide bonds. The van der Waals surface area contributed by atoms with Crippen molar-refractivity contribution in [2.45, 2.75) is 58.5 Å². The molecule has 2 rings (SSSR count). The second kappa shape index (κ2) is 5.20. The van der Waals surface area contributed by atoms with Crippen LogP contribution in [0.4, 0.5) is 0 Å². The molecule has 1 aliphatic carbocycles. The number of hydrogen-bond donors (Lipinski definition) is 2. The van der Waals surface area contributed by atoms with Crippen LogP contribution in [0.25, 0.3) is 0 Å². The van der Waals surface area contributed by atoms with Crippen LogP contribution in [0.2, 0.25) is 0 Å². The lowest BCUT2D eigenvalue weighted by Gasteiger charge is -2.41. The summed E-state index contributed by atoms with van der Waals surface area (Å²) in [7, 11) is 1.64. The Morgan fingerprint density at radius 2 is 1.90 bits per heavy atom. The number of aromatic amines is 1. The van der Waals surface area contributed by atoms with Gasteiger partial charge >= 0.3 is 0 Å². The lowest BCUT2D eigenvalue weighted by atomic mass is 9.70. The van der Waals surface area contributed by atoms with Gasteiger partial charge in [-0.3, -0.25) is 4.79 Å². The lowest BCUT2D eigenvalue weighted by Crippen LogP contribution is -2.39. The standard InChI is InChI=1S/C15H24N2O3/c1-5-10-11(18)16-13(17-12(10)19)15(20-4)8-6-14(2,3)7-9-15/h5-9H2,1-4H3,(H2,16,17,18,19). The highest BCUT2D eigenvalue weighted by Gasteiger charge is 2.42. The van der Waals surface area contributed by atoms with E-state index in [1.54, 1.807) is 7.11 Å². The van der Waals surface area contributed by atoms with Gasteiger partial charge in [0.1, 0.15) is 11.4 Å². The molecule has 1 aromatic rings. The van der Waals surface area contributed by atoms with Gasteiger partial charge in [0.05, 0.1) is 5.56 Å². The normalized spacial score (nSPS) is 20.8. The van der Waals surface area contributed by atoms with Gasteiger partial charge in [0.15, 0.2) is 0 Å². The minimum Gasteiger partial charge on any atom is -0.493 e. The molecule has 1 saturated carbocycles. The molecule has 5 nitrogen and oxygen atoms in total. The first kappa shape index (κ1) is 15.0. The van der Waals surface area contributed by atoms with Crippen molar-refractivity contribution in [2.24, 2.45) is 5.41 Å². The number of methoxy groups -OCH3 is 1. The maximum Gasteiger partial charge on any atom is 0.258 e. The average Bonchev–Trinajstić information content (AvgIpc) is 2.39. The minimum absolute atomic E-state index is 0.174. The zero-order valence-electron chi connectivity index (χ0n) is 12.7. The first-order chi connectivity index (χ1) is 9.33. The summed E-state index contributed by atoms with van der Waals surface area (Å²) >= 11 is 0. The second-order valence-electron chi connectivity index (χ2n) is 6.43. The molecule has 1 fully saturated rings. The van der Waals surface area contributed by atoms with Crippen LogP contribution in [-0.2, 0) is 16.8 Å². The quantitative estimate of drug-likeness (QED) is 0.892. The maximum atomic E-state index is 12.0. The van der Waals surface area contributed by atoms with E-state index in [1.165, 1.54) is 0 Å². The highest BCUT2D eigenvalue weighted by molar-refractivity contribution is 5.24. The van der Waals surface area contributed by atoms with Gasteiger partial charge in [-0.2, -0.15) is 4.98 Å². The maximum absolute atomic E-state index is 12.0. The summed E-state index contributed by atoms with van der Waals surface area (Å²) < 4.78 is 5.70. The molecule has 0 spiro atoms. The van der Waals surface area contributed by atoms with Gasteiger partial charge in [-0.15, -0.1) is 0 Å². The highest BCUT2D eigenvalue weighted by atomic mass is 16.5. The molecule has 1 heterocycles. The third-order valence-corrected chi connectivity index (χ3v) is 4.58. The van der Waals surface area contributed by atoms with Crippen molar-refractivity contribution in [2.75, 3.05) is 7.11 Å². The fraction of sp³-hybridized carbons (Fsp3) is 0.733. The van der Waals surface area contributed by atoms with E-state index in [0.717, 1.165) is 25.7 Å². The summed E-state index contributed by atoms with van der Waals surface area (Å²) in [6, 6.07) is 0. The third kappa shape index (κ3) is 2.59. The third-order valence-electron chi connectivity index (χ3n) is 4.58. The van der Waals surface area contributed by atoms with Crippen LogP contribution < -0.4 is 5.56 Å². The van der Waals surface area contributed by atoms with Crippen molar-refractivity contribution in [1.29, 1.82) is 0 Å². The summed E-state index contributed by atoms with van der Waals surface area (Å²) in [5.41, 5.74) is -0.237. The number of H-pyrrole nitrogens is 1. The fourth-order valence-electron chi connectivity index (χ4n) is 2.89. The number of nitrogens with zero attached hydrogens (tertiary/aromatic N) is 1. The van der Waals surface area contributed by atoms with Gasteiger partial charge in [-0.25, -0.2) is 0 Å². The van der Waals surface area contributed by atoms with Crippen LogP contribution in [0.1, 0.15) is 57.8 Å². The van der Waals surface area contributed by atoms with E-state index in [2.05, 4.69) is 23.8 Å². The summed E-state index contributed by atoms with van der Waals surface area (Å²) in [4.78, 5) is 19.0. The molecule has 112 valence electrons. The predicted octanol–water partition coefficient (Wildman–Crippen LogP) is 2.48. The first-order valence-electron chi connectivity index (χ1n) is 7.21. The van der Waals surface area contributed by atoms with Gasteiger partial charge in [0, 0.05) is 7.11 Å². The summed E-state index contributed by atoms with van der Waals surface area (Å²) in [6.07, 6.45) is 4.05. The number of ether oxygens (including phenoxy) is 1. The van der Waals surface area contributed by atoms with Gasteiger partial charge in [0.25, 0.3) is 5.56 Å². The first-order valence-corrected chi connectivity index (χ1v) is 7.21. The lowest BCUT2D eigenvalue weighted by molar-refractivity contribution is -0.0733. The van der Waals surface area contributed by atoms with E-state index in [-0.39, 0.29) is 16.9 Å². The Balaban J connectivity index is 2.41. The predicted molar refractivity (Wildman–Crippen MR) is 76.8 cm³/mol. The molecule has 20 heavy (non-hydrogen) atoms. The van der Waals surface area contributed by atoms with E-state index >= 15 is 0 Å². The zero-order valence-corrected chi connectivity index (χ0v) is 12.7. The van der Waals surface area contributed by atoms with Crippen molar-refractivity contribution >= 4 is 0 Å². The summed E-state index contributed by atoms with van der Waals surface area (Å²) in [5.74, 6) is 0.280. The molecule has 0 unspecified atom stereocenters. The van der Waals surface area contributed by atoms with E-state index < -0.39 is 5.60 Å². The molecule has 2 N–H and O–H groups in total. The topological polar surface area (TPSA) is 75.2 Å². The monoisotopic (exact) mass is 280 g/mol. The molecule has 1 aromatic heterocycles.